The van der Waals surface area contributed by atoms with E-state index in [1.165, 1.54) is 12.0 Å². The van der Waals surface area contributed by atoms with Crippen LogP contribution < -0.4 is 10.6 Å². The Morgan fingerprint density at radius 3 is 2.79 bits per heavy atom. The Bertz CT molecular complexity index is 615. The summed E-state index contributed by atoms with van der Waals surface area (Å²) in [6.45, 7) is 2.91. The van der Waals surface area contributed by atoms with E-state index in [9.17, 15) is 4.79 Å². The molecule has 1 aliphatic heterocycles. The molecule has 0 spiro atoms. The molecule has 1 fully saturated rings. The van der Waals surface area contributed by atoms with Crippen molar-refractivity contribution in [3.63, 3.8) is 0 Å². The Kier molecular flexibility index (Phi) is 9.29. The zero-order valence-electron chi connectivity index (χ0n) is 13.4. The maximum atomic E-state index is 12.1. The lowest BCUT2D eigenvalue weighted by atomic mass is 10.1. The molecule has 1 unspecified atom stereocenters. The van der Waals surface area contributed by atoms with Crippen molar-refractivity contribution in [2.45, 2.75) is 19.3 Å². The Morgan fingerprint density at radius 1 is 1.29 bits per heavy atom. The fraction of sp³-hybridized carbons (Fsp3) is 0.412. The number of nitrogens with one attached hydrogen (secondary N) is 2. The quantitative estimate of drug-likeness (QED) is 0.799. The number of aromatic nitrogens is 1. The van der Waals surface area contributed by atoms with Gasteiger partial charge in [0.2, 0.25) is 0 Å². The molecule has 7 heteroatoms. The predicted octanol–water partition coefficient (Wildman–Crippen LogP) is 3.31. The summed E-state index contributed by atoms with van der Waals surface area (Å²) in [5, 5.41) is 9.16. The minimum absolute atomic E-state index is 0. The van der Waals surface area contributed by atoms with E-state index in [2.05, 4.69) is 27.8 Å². The molecule has 1 aliphatic rings. The Hall–Kier alpha value is -1.14. The number of amides is 1. The van der Waals surface area contributed by atoms with E-state index in [-0.39, 0.29) is 30.7 Å². The van der Waals surface area contributed by atoms with Crippen LogP contribution in [0.4, 0.5) is 0 Å². The van der Waals surface area contributed by atoms with Gasteiger partial charge < -0.3 is 10.6 Å². The third-order valence-corrected chi connectivity index (χ3v) is 4.83. The molecule has 2 heterocycles. The maximum absolute atomic E-state index is 12.1. The van der Waals surface area contributed by atoms with Crippen LogP contribution in [0.15, 0.2) is 35.7 Å². The molecule has 2 aromatic rings. The van der Waals surface area contributed by atoms with Gasteiger partial charge in [-0.2, -0.15) is 0 Å². The van der Waals surface area contributed by atoms with Crippen LogP contribution in [-0.4, -0.2) is 30.5 Å². The standard InChI is InChI=1S/C17H21N3OS.2ClH/c21-17(19-9-7-14-6-8-18-11-14)15-12-22-16(20-15)10-13-4-2-1-3-5-13;;/h1-5,12,14,18H,6-11H2,(H,19,21);2*1H. The van der Waals surface area contributed by atoms with Gasteiger partial charge in [0.15, 0.2) is 0 Å². The van der Waals surface area contributed by atoms with Gasteiger partial charge in [0.1, 0.15) is 5.69 Å². The lowest BCUT2D eigenvalue weighted by Gasteiger charge is -2.08. The molecule has 1 saturated heterocycles. The first-order valence-electron chi connectivity index (χ1n) is 7.78. The van der Waals surface area contributed by atoms with Crippen LogP contribution in [0, 0.1) is 5.92 Å². The van der Waals surface area contributed by atoms with Crippen LogP contribution in [0.3, 0.4) is 0 Å². The van der Waals surface area contributed by atoms with Crippen LogP contribution in [0.25, 0.3) is 0 Å². The molecule has 1 aromatic carbocycles. The molecule has 1 atom stereocenters. The predicted molar refractivity (Wildman–Crippen MR) is 104 cm³/mol. The number of rotatable bonds is 6. The summed E-state index contributed by atoms with van der Waals surface area (Å²) < 4.78 is 0. The number of hydrogen-bond donors (Lipinski definition) is 2. The lowest BCUT2D eigenvalue weighted by Crippen LogP contribution is -2.26. The highest BCUT2D eigenvalue weighted by Crippen LogP contribution is 2.15. The van der Waals surface area contributed by atoms with Crippen LogP contribution in [0.5, 0.6) is 0 Å². The minimum atomic E-state index is -0.0542. The zero-order valence-corrected chi connectivity index (χ0v) is 15.8. The van der Waals surface area contributed by atoms with E-state index in [4.69, 9.17) is 0 Å². The van der Waals surface area contributed by atoms with Crippen molar-refractivity contribution in [3.05, 3.63) is 52.0 Å². The van der Waals surface area contributed by atoms with Gasteiger partial charge in [-0.1, -0.05) is 30.3 Å². The van der Waals surface area contributed by atoms with Crippen LogP contribution in [-0.2, 0) is 6.42 Å². The molecule has 0 bridgehead atoms. The van der Waals surface area contributed by atoms with Crippen molar-refractivity contribution in [2.24, 2.45) is 5.92 Å². The van der Waals surface area contributed by atoms with Crippen LogP contribution >= 0.6 is 36.2 Å². The molecule has 4 nitrogen and oxygen atoms in total. The molecule has 0 saturated carbocycles. The average Bonchev–Trinajstić information content (AvgIpc) is 3.20. The first-order valence-corrected chi connectivity index (χ1v) is 8.66. The summed E-state index contributed by atoms with van der Waals surface area (Å²) in [5.74, 6) is 0.644. The van der Waals surface area contributed by atoms with Gasteiger partial charge in [-0.05, 0) is 37.4 Å². The first kappa shape index (κ1) is 20.9. The number of halogens is 2. The minimum Gasteiger partial charge on any atom is -0.351 e. The van der Waals surface area contributed by atoms with Crippen molar-refractivity contribution in [2.75, 3.05) is 19.6 Å². The molecule has 132 valence electrons. The Labute approximate surface area is 159 Å². The smallest absolute Gasteiger partial charge is 0.270 e. The van der Waals surface area contributed by atoms with Gasteiger partial charge in [-0.25, -0.2) is 4.98 Å². The normalized spacial score (nSPS) is 16.1. The maximum Gasteiger partial charge on any atom is 0.270 e. The highest BCUT2D eigenvalue weighted by Gasteiger charge is 2.15. The number of thiazole rings is 1. The molecule has 3 rings (SSSR count). The lowest BCUT2D eigenvalue weighted by molar-refractivity contribution is 0.0947. The molecule has 0 radical (unpaired) electrons. The fourth-order valence-corrected chi connectivity index (χ4v) is 3.52. The summed E-state index contributed by atoms with van der Waals surface area (Å²) in [6, 6.07) is 10.2. The number of hydrogen-bond acceptors (Lipinski definition) is 4. The SMILES string of the molecule is Cl.Cl.O=C(NCCC1CCNC1)c1csc(Cc2ccccc2)n1. The van der Waals surface area contributed by atoms with Gasteiger partial charge in [0.05, 0.1) is 5.01 Å². The summed E-state index contributed by atoms with van der Waals surface area (Å²) in [5.41, 5.74) is 1.76. The largest absolute Gasteiger partial charge is 0.351 e. The van der Waals surface area contributed by atoms with E-state index in [0.717, 1.165) is 37.5 Å². The molecular formula is C17H23Cl2N3OS. The van der Waals surface area contributed by atoms with Crippen molar-refractivity contribution in [1.82, 2.24) is 15.6 Å². The second-order valence-corrected chi connectivity index (χ2v) is 6.63. The zero-order chi connectivity index (χ0) is 15.2. The highest BCUT2D eigenvalue weighted by atomic mass is 35.5. The number of carbonyl (C=O) groups is 1. The van der Waals surface area contributed by atoms with E-state index < -0.39 is 0 Å². The third kappa shape index (κ3) is 6.06. The van der Waals surface area contributed by atoms with Gasteiger partial charge in [0, 0.05) is 18.3 Å². The van der Waals surface area contributed by atoms with Crippen molar-refractivity contribution in [1.29, 1.82) is 0 Å². The fourth-order valence-electron chi connectivity index (χ4n) is 2.71. The van der Waals surface area contributed by atoms with Crippen LogP contribution in [0.2, 0.25) is 0 Å². The van der Waals surface area contributed by atoms with Crippen molar-refractivity contribution in [3.8, 4) is 0 Å². The van der Waals surface area contributed by atoms with Gasteiger partial charge in [-0.3, -0.25) is 4.79 Å². The molecular weight excluding hydrogens is 365 g/mol. The summed E-state index contributed by atoms with van der Waals surface area (Å²) in [4.78, 5) is 16.6. The molecule has 24 heavy (non-hydrogen) atoms. The molecule has 0 aliphatic carbocycles. The highest BCUT2D eigenvalue weighted by molar-refractivity contribution is 7.09. The monoisotopic (exact) mass is 387 g/mol. The molecule has 1 aromatic heterocycles. The Morgan fingerprint density at radius 2 is 2.08 bits per heavy atom. The third-order valence-electron chi connectivity index (χ3n) is 3.98. The van der Waals surface area contributed by atoms with Gasteiger partial charge >= 0.3 is 0 Å². The number of nitrogens with zero attached hydrogens (tertiary/aromatic N) is 1. The van der Waals surface area contributed by atoms with Crippen LogP contribution in [0.1, 0.15) is 33.9 Å². The van der Waals surface area contributed by atoms with E-state index in [1.807, 2.05) is 23.6 Å². The van der Waals surface area contributed by atoms with E-state index in [0.29, 0.717) is 11.6 Å². The summed E-state index contributed by atoms with van der Waals surface area (Å²) >= 11 is 1.55. The summed E-state index contributed by atoms with van der Waals surface area (Å²) in [6.07, 6.45) is 3.04. The van der Waals surface area contributed by atoms with Crippen molar-refractivity contribution >= 4 is 42.1 Å². The van der Waals surface area contributed by atoms with E-state index >= 15 is 0 Å². The van der Waals surface area contributed by atoms with Gasteiger partial charge in [-0.15, -0.1) is 36.2 Å². The average molecular weight is 388 g/mol. The summed E-state index contributed by atoms with van der Waals surface area (Å²) in [7, 11) is 0. The molecule has 2 N–H and O–H groups in total. The molecule has 1 amide bonds. The Balaban J connectivity index is 0.00000144. The van der Waals surface area contributed by atoms with Crippen molar-refractivity contribution < 1.29 is 4.79 Å². The topological polar surface area (TPSA) is 54.0 Å². The second-order valence-electron chi connectivity index (χ2n) is 5.69. The number of carbonyl (C=O) groups excluding carboxylic acids is 1. The number of benzene rings is 1. The van der Waals surface area contributed by atoms with Gasteiger partial charge in [0.25, 0.3) is 5.91 Å². The van der Waals surface area contributed by atoms with E-state index in [1.54, 1.807) is 11.3 Å². The first-order chi connectivity index (χ1) is 10.8. The second kappa shape index (κ2) is 10.7.